The molecule has 1 fully saturated rings. The van der Waals surface area contributed by atoms with Gasteiger partial charge in [0, 0.05) is 36.1 Å². The summed E-state index contributed by atoms with van der Waals surface area (Å²) in [5, 5.41) is 1.39. The maximum Gasteiger partial charge on any atom is 0.247 e. The van der Waals surface area contributed by atoms with Gasteiger partial charge in [-0.3, -0.25) is 9.59 Å². The predicted molar refractivity (Wildman–Crippen MR) is 116 cm³/mol. The molecule has 0 spiro atoms. The fourth-order valence-corrected chi connectivity index (χ4v) is 3.59. The summed E-state index contributed by atoms with van der Waals surface area (Å²) in [7, 11) is 0. The second kappa shape index (κ2) is 8.51. The number of hydrogen-bond acceptors (Lipinski definition) is 5. The Morgan fingerprint density at radius 2 is 2.03 bits per heavy atom. The van der Waals surface area contributed by atoms with Crippen LogP contribution in [0.15, 0.2) is 54.9 Å². The number of aromatic nitrogens is 2. The molecule has 0 saturated carbocycles. The first-order valence-electron chi connectivity index (χ1n) is 9.49. The minimum Gasteiger partial charge on any atom is -0.383 e. The van der Waals surface area contributed by atoms with Gasteiger partial charge in [-0.15, -0.1) is 0 Å². The van der Waals surface area contributed by atoms with E-state index in [1.54, 1.807) is 28.0 Å². The third-order valence-corrected chi connectivity index (χ3v) is 5.24. The van der Waals surface area contributed by atoms with Crippen molar-refractivity contribution in [3.63, 3.8) is 0 Å². The molecule has 1 saturated heterocycles. The zero-order valence-corrected chi connectivity index (χ0v) is 16.9. The van der Waals surface area contributed by atoms with Crippen molar-refractivity contribution in [3.8, 4) is 0 Å². The molecular weight excluding hydrogens is 402 g/mol. The topological polar surface area (TPSA) is 92.4 Å². The van der Waals surface area contributed by atoms with Crippen LogP contribution in [0.5, 0.6) is 0 Å². The van der Waals surface area contributed by atoms with E-state index < -0.39 is 0 Å². The quantitative estimate of drug-likeness (QED) is 0.654. The van der Waals surface area contributed by atoms with Crippen molar-refractivity contribution in [3.05, 3.63) is 71.0 Å². The molecule has 0 atom stereocenters. The molecule has 2 aromatic carbocycles. The Morgan fingerprint density at radius 3 is 2.83 bits per heavy atom. The molecular formula is C22H20ClN5O2. The van der Waals surface area contributed by atoms with Crippen LogP contribution in [0.25, 0.3) is 17.0 Å². The molecule has 30 heavy (non-hydrogen) atoms. The first kappa shape index (κ1) is 19.8. The molecule has 2 amide bonds. The number of hydrogen-bond donors (Lipinski definition) is 1. The Bertz CT molecular complexity index is 1150. The fourth-order valence-electron chi connectivity index (χ4n) is 3.39. The zero-order chi connectivity index (χ0) is 21.1. The standard InChI is InChI=1S/C22H20ClN5O2/c23-17-3-1-2-15(10-17)5-7-20(29)28-9-8-27(21(30)13-28)12-16-4-6-18-19(11-16)25-14-26-22(18)24/h1-7,10-11,14H,8-9,12-13H2,(H2,24,25,26)/b7-5+. The highest BCUT2D eigenvalue weighted by atomic mass is 35.5. The van der Waals surface area contributed by atoms with E-state index in [-0.39, 0.29) is 18.4 Å². The summed E-state index contributed by atoms with van der Waals surface area (Å²) in [6.45, 7) is 1.47. The van der Waals surface area contributed by atoms with Gasteiger partial charge in [-0.2, -0.15) is 0 Å². The third-order valence-electron chi connectivity index (χ3n) is 5.00. The van der Waals surface area contributed by atoms with Crippen LogP contribution in [0.2, 0.25) is 5.02 Å². The number of amides is 2. The Morgan fingerprint density at radius 1 is 1.17 bits per heavy atom. The van der Waals surface area contributed by atoms with Crippen molar-refractivity contribution in [1.29, 1.82) is 0 Å². The number of fused-ring (bicyclic) bond motifs is 1. The van der Waals surface area contributed by atoms with Crippen LogP contribution < -0.4 is 5.73 Å². The van der Waals surface area contributed by atoms with Crippen LogP contribution in [-0.4, -0.2) is 51.2 Å². The molecule has 1 aliphatic heterocycles. The normalized spacial score (nSPS) is 14.6. The maximum absolute atomic E-state index is 12.6. The largest absolute Gasteiger partial charge is 0.383 e. The van der Waals surface area contributed by atoms with E-state index in [0.29, 0.717) is 30.5 Å². The van der Waals surface area contributed by atoms with Crippen molar-refractivity contribution in [2.75, 3.05) is 25.4 Å². The molecule has 8 heteroatoms. The van der Waals surface area contributed by atoms with Gasteiger partial charge in [0.25, 0.3) is 0 Å². The average molecular weight is 422 g/mol. The van der Waals surface area contributed by atoms with Crippen LogP contribution in [0.3, 0.4) is 0 Å². The lowest BCUT2D eigenvalue weighted by Crippen LogP contribution is -2.51. The van der Waals surface area contributed by atoms with E-state index in [4.69, 9.17) is 17.3 Å². The summed E-state index contributed by atoms with van der Waals surface area (Å²) in [4.78, 5) is 36.6. The van der Waals surface area contributed by atoms with Crippen LogP contribution in [0.4, 0.5) is 5.82 Å². The van der Waals surface area contributed by atoms with Gasteiger partial charge in [-0.05, 0) is 41.5 Å². The fraction of sp³-hybridized carbons (Fsp3) is 0.182. The summed E-state index contributed by atoms with van der Waals surface area (Å²) in [5.41, 5.74) is 8.39. The minimum absolute atomic E-state index is 0.0570. The molecule has 152 valence electrons. The van der Waals surface area contributed by atoms with Gasteiger partial charge in [0.1, 0.15) is 18.7 Å². The molecule has 0 aliphatic carbocycles. The lowest BCUT2D eigenvalue weighted by atomic mass is 10.1. The Hall–Kier alpha value is -3.45. The Kier molecular flexibility index (Phi) is 5.63. The highest BCUT2D eigenvalue weighted by molar-refractivity contribution is 6.30. The van der Waals surface area contributed by atoms with Crippen LogP contribution in [0.1, 0.15) is 11.1 Å². The summed E-state index contributed by atoms with van der Waals surface area (Å²) >= 11 is 5.96. The van der Waals surface area contributed by atoms with Gasteiger partial charge in [0.05, 0.1) is 5.52 Å². The number of piperazine rings is 1. The van der Waals surface area contributed by atoms with Gasteiger partial charge in [0.2, 0.25) is 11.8 Å². The summed E-state index contributed by atoms with van der Waals surface area (Å²) in [6, 6.07) is 12.9. The van der Waals surface area contributed by atoms with Gasteiger partial charge in [-0.25, -0.2) is 9.97 Å². The first-order chi connectivity index (χ1) is 14.5. The molecule has 4 rings (SSSR count). The molecule has 0 bridgehead atoms. The highest BCUT2D eigenvalue weighted by Crippen LogP contribution is 2.19. The lowest BCUT2D eigenvalue weighted by Gasteiger charge is -2.34. The van der Waals surface area contributed by atoms with Crippen molar-refractivity contribution in [2.45, 2.75) is 6.54 Å². The van der Waals surface area contributed by atoms with Crippen molar-refractivity contribution in [1.82, 2.24) is 19.8 Å². The molecule has 0 unspecified atom stereocenters. The average Bonchev–Trinajstić information content (AvgIpc) is 2.73. The number of nitrogen functional groups attached to an aromatic ring is 1. The summed E-state index contributed by atoms with van der Waals surface area (Å²) in [5.74, 6) is 0.148. The third kappa shape index (κ3) is 4.41. The number of nitrogens with zero attached hydrogens (tertiary/aromatic N) is 4. The van der Waals surface area contributed by atoms with Crippen molar-refractivity contribution >= 4 is 46.2 Å². The number of halogens is 1. The Balaban J connectivity index is 1.38. The van der Waals surface area contributed by atoms with E-state index >= 15 is 0 Å². The van der Waals surface area contributed by atoms with E-state index in [0.717, 1.165) is 22.0 Å². The maximum atomic E-state index is 12.6. The number of rotatable bonds is 4. The predicted octanol–water partition coefficient (Wildman–Crippen LogP) is 2.75. The van der Waals surface area contributed by atoms with Crippen LogP contribution >= 0.6 is 11.6 Å². The van der Waals surface area contributed by atoms with Crippen molar-refractivity contribution < 1.29 is 9.59 Å². The van der Waals surface area contributed by atoms with Gasteiger partial charge < -0.3 is 15.5 Å². The van der Waals surface area contributed by atoms with Gasteiger partial charge in [-0.1, -0.05) is 29.8 Å². The molecule has 0 radical (unpaired) electrons. The molecule has 1 aromatic heterocycles. The van der Waals surface area contributed by atoms with Gasteiger partial charge >= 0.3 is 0 Å². The van der Waals surface area contributed by atoms with E-state index in [2.05, 4.69) is 9.97 Å². The van der Waals surface area contributed by atoms with Gasteiger partial charge in [0.15, 0.2) is 0 Å². The zero-order valence-electron chi connectivity index (χ0n) is 16.2. The Labute approximate surface area is 178 Å². The number of nitrogens with two attached hydrogens (primary N) is 1. The molecule has 7 nitrogen and oxygen atoms in total. The number of carbonyl (C=O) groups excluding carboxylic acids is 2. The smallest absolute Gasteiger partial charge is 0.247 e. The second-order valence-corrected chi connectivity index (χ2v) is 7.51. The van der Waals surface area contributed by atoms with Crippen LogP contribution in [0, 0.1) is 0 Å². The number of carbonyl (C=O) groups is 2. The van der Waals surface area contributed by atoms with Crippen molar-refractivity contribution in [2.24, 2.45) is 0 Å². The molecule has 3 aromatic rings. The second-order valence-electron chi connectivity index (χ2n) is 7.07. The van der Waals surface area contributed by atoms with E-state index in [9.17, 15) is 9.59 Å². The summed E-state index contributed by atoms with van der Waals surface area (Å²) < 4.78 is 0. The monoisotopic (exact) mass is 421 g/mol. The molecule has 2 N–H and O–H groups in total. The van der Waals surface area contributed by atoms with E-state index in [1.165, 1.54) is 12.4 Å². The minimum atomic E-state index is -0.194. The molecule has 1 aliphatic rings. The first-order valence-corrected chi connectivity index (χ1v) is 9.87. The lowest BCUT2D eigenvalue weighted by molar-refractivity contribution is -0.143. The highest BCUT2D eigenvalue weighted by Gasteiger charge is 2.26. The van der Waals surface area contributed by atoms with E-state index in [1.807, 2.05) is 30.3 Å². The number of anilines is 1. The summed E-state index contributed by atoms with van der Waals surface area (Å²) in [6.07, 6.45) is 4.60. The SMILES string of the molecule is Nc1ncnc2cc(CN3CCN(C(=O)/C=C/c4cccc(Cl)c4)CC3=O)ccc12. The van der Waals surface area contributed by atoms with Crippen LogP contribution in [-0.2, 0) is 16.1 Å². The number of benzene rings is 2. The molecule has 2 heterocycles.